The molecule has 0 spiro atoms. The first kappa shape index (κ1) is 16.7. The van der Waals surface area contributed by atoms with Crippen LogP contribution >= 0.6 is 0 Å². The number of pyridine rings is 1. The number of amides is 2. The average Bonchev–Trinajstić information content (AvgIpc) is 3.09. The van der Waals surface area contributed by atoms with Gasteiger partial charge in [0.05, 0.1) is 12.7 Å². The minimum absolute atomic E-state index is 0.0421. The van der Waals surface area contributed by atoms with Crippen LogP contribution in [0.1, 0.15) is 23.0 Å². The average molecular weight is 336 g/mol. The second-order valence-corrected chi connectivity index (χ2v) is 5.65. The molecule has 2 aromatic heterocycles. The van der Waals surface area contributed by atoms with E-state index in [0.29, 0.717) is 24.4 Å². The molecule has 3 rings (SSSR count). The number of benzene rings is 1. The van der Waals surface area contributed by atoms with Crippen molar-refractivity contribution in [2.75, 3.05) is 13.1 Å². The van der Waals surface area contributed by atoms with Gasteiger partial charge in [-0.3, -0.25) is 14.0 Å². The number of carbonyl (C=O) groups excluding carboxylic acids is 2. The van der Waals surface area contributed by atoms with Crippen LogP contribution in [0.15, 0.2) is 60.9 Å². The van der Waals surface area contributed by atoms with Gasteiger partial charge in [-0.25, -0.2) is 4.98 Å². The molecule has 0 saturated heterocycles. The summed E-state index contributed by atoms with van der Waals surface area (Å²) in [6.07, 6.45) is 3.28. The number of nitrogens with zero attached hydrogens (tertiary/aromatic N) is 3. The number of imidazole rings is 1. The van der Waals surface area contributed by atoms with E-state index < -0.39 is 0 Å². The molecule has 3 aromatic rings. The van der Waals surface area contributed by atoms with Crippen molar-refractivity contribution in [2.45, 2.75) is 13.5 Å². The van der Waals surface area contributed by atoms with Crippen LogP contribution in [0, 0.1) is 0 Å². The quantitative estimate of drug-likeness (QED) is 0.750. The van der Waals surface area contributed by atoms with Crippen LogP contribution in [0.2, 0.25) is 0 Å². The number of aromatic nitrogens is 2. The van der Waals surface area contributed by atoms with E-state index in [2.05, 4.69) is 10.3 Å². The zero-order chi connectivity index (χ0) is 17.6. The first-order chi connectivity index (χ1) is 12.2. The van der Waals surface area contributed by atoms with Crippen LogP contribution in [0.5, 0.6) is 0 Å². The topological polar surface area (TPSA) is 66.7 Å². The maximum Gasteiger partial charge on any atom is 0.270 e. The highest BCUT2D eigenvalue weighted by molar-refractivity contribution is 5.95. The third-order valence-electron chi connectivity index (χ3n) is 4.00. The highest BCUT2D eigenvalue weighted by Gasteiger charge is 2.16. The van der Waals surface area contributed by atoms with Gasteiger partial charge in [0.1, 0.15) is 11.3 Å². The standard InChI is InChI=1S/C19H20N4O2/c1-2-22(14-15-8-4-3-5-9-15)18(24)13-21-19(25)16-12-20-17-10-6-7-11-23(16)17/h3-12H,2,13-14H2,1H3,(H,21,25). The van der Waals surface area contributed by atoms with E-state index in [4.69, 9.17) is 0 Å². The van der Waals surface area contributed by atoms with E-state index >= 15 is 0 Å². The molecule has 0 aliphatic carbocycles. The summed E-state index contributed by atoms with van der Waals surface area (Å²) in [6.45, 7) is 2.99. The molecule has 2 amide bonds. The lowest BCUT2D eigenvalue weighted by atomic mass is 10.2. The van der Waals surface area contributed by atoms with Crippen molar-refractivity contribution in [3.05, 3.63) is 72.2 Å². The van der Waals surface area contributed by atoms with Crippen LogP contribution in [-0.4, -0.2) is 39.2 Å². The Morgan fingerprint density at radius 1 is 1.12 bits per heavy atom. The fourth-order valence-corrected chi connectivity index (χ4v) is 2.64. The third kappa shape index (κ3) is 3.85. The van der Waals surface area contributed by atoms with Gasteiger partial charge >= 0.3 is 0 Å². The smallest absolute Gasteiger partial charge is 0.270 e. The highest BCUT2D eigenvalue weighted by atomic mass is 16.2. The molecule has 25 heavy (non-hydrogen) atoms. The first-order valence-electron chi connectivity index (χ1n) is 8.21. The molecule has 1 aromatic carbocycles. The van der Waals surface area contributed by atoms with Gasteiger partial charge in [-0.2, -0.15) is 0 Å². The molecule has 0 atom stereocenters. The second kappa shape index (κ2) is 7.61. The third-order valence-corrected chi connectivity index (χ3v) is 4.00. The minimum atomic E-state index is -0.317. The Bertz CT molecular complexity index is 873. The van der Waals surface area contributed by atoms with Crippen LogP contribution in [0.3, 0.4) is 0 Å². The summed E-state index contributed by atoms with van der Waals surface area (Å²) in [5.41, 5.74) is 2.17. The van der Waals surface area contributed by atoms with E-state index in [1.54, 1.807) is 15.5 Å². The van der Waals surface area contributed by atoms with Crippen molar-refractivity contribution < 1.29 is 9.59 Å². The molecular weight excluding hydrogens is 316 g/mol. The van der Waals surface area contributed by atoms with Crippen molar-refractivity contribution in [1.82, 2.24) is 19.6 Å². The molecule has 6 heteroatoms. The molecule has 2 heterocycles. The SMILES string of the molecule is CCN(Cc1ccccc1)C(=O)CNC(=O)c1cnc2ccccn12. The van der Waals surface area contributed by atoms with Gasteiger partial charge in [-0.15, -0.1) is 0 Å². The van der Waals surface area contributed by atoms with Gasteiger partial charge in [0.25, 0.3) is 5.91 Å². The van der Waals surface area contributed by atoms with Gasteiger partial charge in [0.2, 0.25) is 5.91 Å². The van der Waals surface area contributed by atoms with Crippen LogP contribution < -0.4 is 5.32 Å². The summed E-state index contributed by atoms with van der Waals surface area (Å²) in [5, 5.41) is 2.69. The van der Waals surface area contributed by atoms with Gasteiger partial charge in [0.15, 0.2) is 0 Å². The van der Waals surface area contributed by atoms with Crippen LogP contribution in [0.4, 0.5) is 0 Å². The zero-order valence-electron chi connectivity index (χ0n) is 14.1. The van der Waals surface area contributed by atoms with E-state index in [1.165, 1.54) is 6.20 Å². The second-order valence-electron chi connectivity index (χ2n) is 5.65. The van der Waals surface area contributed by atoms with E-state index in [1.807, 2.05) is 55.5 Å². The lowest BCUT2D eigenvalue weighted by Gasteiger charge is -2.21. The summed E-state index contributed by atoms with van der Waals surface area (Å²) in [4.78, 5) is 30.6. The Morgan fingerprint density at radius 3 is 2.64 bits per heavy atom. The number of rotatable bonds is 6. The van der Waals surface area contributed by atoms with Gasteiger partial charge in [0, 0.05) is 19.3 Å². The number of fused-ring (bicyclic) bond motifs is 1. The molecule has 6 nitrogen and oxygen atoms in total. The van der Waals surface area contributed by atoms with Crippen LogP contribution in [-0.2, 0) is 11.3 Å². The van der Waals surface area contributed by atoms with Crippen molar-refractivity contribution >= 4 is 17.5 Å². The molecule has 0 bridgehead atoms. The Morgan fingerprint density at radius 2 is 1.88 bits per heavy atom. The molecule has 1 N–H and O–H groups in total. The van der Waals surface area contributed by atoms with Crippen molar-refractivity contribution in [3.8, 4) is 0 Å². The lowest BCUT2D eigenvalue weighted by molar-refractivity contribution is -0.130. The molecule has 0 aliphatic rings. The van der Waals surface area contributed by atoms with E-state index in [9.17, 15) is 9.59 Å². The monoisotopic (exact) mass is 336 g/mol. The largest absolute Gasteiger partial charge is 0.342 e. The van der Waals surface area contributed by atoms with E-state index in [-0.39, 0.29) is 18.4 Å². The Balaban J connectivity index is 1.61. The lowest BCUT2D eigenvalue weighted by Crippen LogP contribution is -2.40. The predicted molar refractivity (Wildman–Crippen MR) is 95.1 cm³/mol. The van der Waals surface area contributed by atoms with Crippen molar-refractivity contribution in [3.63, 3.8) is 0 Å². The van der Waals surface area contributed by atoms with Gasteiger partial charge in [-0.1, -0.05) is 36.4 Å². The molecule has 0 saturated carbocycles. The number of hydrogen-bond acceptors (Lipinski definition) is 3. The fraction of sp³-hybridized carbons (Fsp3) is 0.211. The Labute approximate surface area is 146 Å². The first-order valence-corrected chi connectivity index (χ1v) is 8.21. The Hall–Kier alpha value is -3.15. The molecular formula is C19H20N4O2. The Kier molecular flexibility index (Phi) is 5.09. The summed E-state index contributed by atoms with van der Waals surface area (Å²) in [5.74, 6) is -0.434. The molecule has 0 fully saturated rings. The van der Waals surface area contributed by atoms with Crippen LogP contribution in [0.25, 0.3) is 5.65 Å². The normalized spacial score (nSPS) is 10.6. The van der Waals surface area contributed by atoms with Gasteiger partial charge in [-0.05, 0) is 24.6 Å². The van der Waals surface area contributed by atoms with Crippen molar-refractivity contribution in [2.24, 2.45) is 0 Å². The maximum atomic E-state index is 12.4. The molecule has 0 aliphatic heterocycles. The summed E-state index contributed by atoms with van der Waals surface area (Å²) < 4.78 is 1.70. The number of carbonyl (C=O) groups is 2. The predicted octanol–water partition coefficient (Wildman–Crippen LogP) is 2.11. The zero-order valence-corrected chi connectivity index (χ0v) is 14.1. The molecule has 0 radical (unpaired) electrons. The maximum absolute atomic E-state index is 12.4. The van der Waals surface area contributed by atoms with Gasteiger partial charge < -0.3 is 10.2 Å². The fourth-order valence-electron chi connectivity index (χ4n) is 2.64. The van der Waals surface area contributed by atoms with E-state index in [0.717, 1.165) is 5.56 Å². The highest BCUT2D eigenvalue weighted by Crippen LogP contribution is 2.07. The number of nitrogens with one attached hydrogen (secondary N) is 1. The van der Waals surface area contributed by atoms with Crippen molar-refractivity contribution in [1.29, 1.82) is 0 Å². The minimum Gasteiger partial charge on any atom is -0.342 e. The summed E-state index contributed by atoms with van der Waals surface area (Å²) in [7, 11) is 0. The molecule has 0 unspecified atom stereocenters. The number of hydrogen-bond donors (Lipinski definition) is 1. The number of likely N-dealkylation sites (N-methyl/N-ethyl adjacent to an activating group) is 1. The summed E-state index contributed by atoms with van der Waals surface area (Å²) in [6, 6.07) is 15.3. The molecule has 128 valence electrons. The summed E-state index contributed by atoms with van der Waals surface area (Å²) >= 11 is 0.